The monoisotopic (exact) mass is 440 g/mol. The first kappa shape index (κ1) is 21.1. The number of aryl methyl sites for hydroxylation is 1. The molecule has 0 radical (unpaired) electrons. The van der Waals surface area contributed by atoms with E-state index in [0.717, 1.165) is 16.9 Å². The summed E-state index contributed by atoms with van der Waals surface area (Å²) in [7, 11) is 0. The van der Waals surface area contributed by atoms with E-state index >= 15 is 0 Å². The molecule has 166 valence electrons. The summed E-state index contributed by atoms with van der Waals surface area (Å²) in [5.74, 6) is -0.596. The molecule has 2 unspecified atom stereocenters. The molecule has 2 atom stereocenters. The van der Waals surface area contributed by atoms with Crippen LogP contribution in [0.5, 0.6) is 0 Å². The average molecular weight is 441 g/mol. The lowest BCUT2D eigenvalue weighted by Gasteiger charge is -2.34. The molecule has 1 aliphatic heterocycles. The van der Waals surface area contributed by atoms with E-state index in [-0.39, 0.29) is 17.6 Å². The second kappa shape index (κ2) is 8.32. The summed E-state index contributed by atoms with van der Waals surface area (Å²) in [6.45, 7) is 3.52. The van der Waals surface area contributed by atoms with Gasteiger partial charge in [-0.15, -0.1) is 0 Å². The van der Waals surface area contributed by atoms with Crippen LogP contribution >= 0.6 is 0 Å². The molecule has 5 rings (SSSR count). The molecule has 0 aromatic heterocycles. The van der Waals surface area contributed by atoms with Crippen molar-refractivity contribution in [2.45, 2.75) is 38.6 Å². The minimum Gasteiger partial charge on any atom is -0.357 e. The SMILES string of the molecule is CC(=O)N1c2ccccc2NC2=C(C(=O)CC(c3ccc(C)cc3)C2)C1c1cccc(F)c1. The van der Waals surface area contributed by atoms with Gasteiger partial charge in [-0.1, -0.05) is 54.1 Å². The van der Waals surface area contributed by atoms with Gasteiger partial charge in [-0.3, -0.25) is 14.5 Å². The zero-order chi connectivity index (χ0) is 23.1. The molecule has 0 fully saturated rings. The van der Waals surface area contributed by atoms with E-state index < -0.39 is 11.9 Å². The quantitative estimate of drug-likeness (QED) is 0.527. The summed E-state index contributed by atoms with van der Waals surface area (Å²) in [5, 5.41) is 3.47. The maximum absolute atomic E-state index is 14.3. The Morgan fingerprint density at radius 1 is 0.970 bits per heavy atom. The number of ketones is 1. The molecule has 0 spiro atoms. The van der Waals surface area contributed by atoms with Gasteiger partial charge in [0.1, 0.15) is 5.82 Å². The number of Topliss-reactive ketones (excluding diaryl/α,β-unsaturated/α-hetero) is 1. The van der Waals surface area contributed by atoms with Crippen molar-refractivity contribution in [2.24, 2.45) is 0 Å². The maximum Gasteiger partial charge on any atom is 0.224 e. The first-order valence-electron chi connectivity index (χ1n) is 11.2. The number of amides is 1. The molecule has 3 aromatic rings. The number of benzene rings is 3. The summed E-state index contributed by atoms with van der Waals surface area (Å²) in [5.41, 5.74) is 5.64. The fourth-order valence-electron chi connectivity index (χ4n) is 5.00. The number of para-hydroxylation sites is 2. The third-order valence-corrected chi connectivity index (χ3v) is 6.54. The Labute approximate surface area is 192 Å². The van der Waals surface area contributed by atoms with Gasteiger partial charge in [-0.05, 0) is 54.7 Å². The molecular formula is C28H25FN2O2. The summed E-state index contributed by atoms with van der Waals surface area (Å²) in [4.78, 5) is 28.3. The van der Waals surface area contributed by atoms with Gasteiger partial charge in [-0.25, -0.2) is 4.39 Å². The Morgan fingerprint density at radius 3 is 2.45 bits per heavy atom. The van der Waals surface area contributed by atoms with Crippen molar-refractivity contribution < 1.29 is 14.0 Å². The highest BCUT2D eigenvalue weighted by molar-refractivity contribution is 6.06. The molecule has 1 amide bonds. The van der Waals surface area contributed by atoms with E-state index in [4.69, 9.17) is 0 Å². The number of hydrogen-bond acceptors (Lipinski definition) is 3. The van der Waals surface area contributed by atoms with Gasteiger partial charge in [0.25, 0.3) is 0 Å². The molecular weight excluding hydrogens is 415 g/mol. The van der Waals surface area contributed by atoms with Crippen molar-refractivity contribution in [3.63, 3.8) is 0 Å². The number of nitrogens with one attached hydrogen (secondary N) is 1. The van der Waals surface area contributed by atoms with Crippen LogP contribution in [0.15, 0.2) is 84.1 Å². The normalized spacial score (nSPS) is 20.0. The zero-order valence-electron chi connectivity index (χ0n) is 18.6. The molecule has 0 bridgehead atoms. The van der Waals surface area contributed by atoms with Crippen LogP contribution in [0.1, 0.15) is 48.4 Å². The first-order chi connectivity index (χ1) is 15.9. The number of anilines is 2. The Bertz CT molecular complexity index is 1280. The Morgan fingerprint density at radius 2 is 1.73 bits per heavy atom. The fraction of sp³-hybridized carbons (Fsp3) is 0.214. The minimum absolute atomic E-state index is 0.0253. The van der Waals surface area contributed by atoms with Crippen molar-refractivity contribution in [3.05, 3.63) is 107 Å². The van der Waals surface area contributed by atoms with Crippen LogP contribution in [0, 0.1) is 12.7 Å². The molecule has 0 saturated heterocycles. The molecule has 5 heteroatoms. The summed E-state index contributed by atoms with van der Waals surface area (Å²) >= 11 is 0. The van der Waals surface area contributed by atoms with Crippen molar-refractivity contribution in [1.29, 1.82) is 0 Å². The molecule has 1 heterocycles. The first-order valence-corrected chi connectivity index (χ1v) is 11.2. The van der Waals surface area contributed by atoms with E-state index in [2.05, 4.69) is 29.6 Å². The molecule has 3 aromatic carbocycles. The standard InChI is InChI=1S/C28H25FN2O2/c1-17-10-12-19(13-11-17)21-15-24-27(26(33)16-21)28(20-6-5-7-22(29)14-20)31(18(2)32)25-9-4-3-8-23(25)30-24/h3-14,21,28,30H,15-16H2,1-2H3. The van der Waals surface area contributed by atoms with Gasteiger partial charge in [0.05, 0.1) is 17.4 Å². The summed E-state index contributed by atoms with van der Waals surface area (Å²) in [6, 6.07) is 21.3. The third kappa shape index (κ3) is 3.84. The number of carbonyl (C=O) groups is 2. The molecule has 33 heavy (non-hydrogen) atoms. The van der Waals surface area contributed by atoms with Crippen LogP contribution in [-0.2, 0) is 9.59 Å². The van der Waals surface area contributed by atoms with Crippen LogP contribution in [0.3, 0.4) is 0 Å². The van der Waals surface area contributed by atoms with Crippen molar-refractivity contribution >= 4 is 23.1 Å². The van der Waals surface area contributed by atoms with Crippen molar-refractivity contribution in [1.82, 2.24) is 0 Å². The average Bonchev–Trinajstić information content (AvgIpc) is 2.94. The molecule has 1 aliphatic carbocycles. The van der Waals surface area contributed by atoms with E-state index in [1.807, 2.05) is 31.2 Å². The number of rotatable bonds is 2. The fourth-order valence-corrected chi connectivity index (χ4v) is 5.00. The van der Waals surface area contributed by atoms with E-state index in [0.29, 0.717) is 29.7 Å². The highest BCUT2D eigenvalue weighted by atomic mass is 19.1. The Hall–Kier alpha value is -3.73. The van der Waals surface area contributed by atoms with Crippen molar-refractivity contribution in [2.75, 3.05) is 10.2 Å². The van der Waals surface area contributed by atoms with Gasteiger partial charge >= 0.3 is 0 Å². The molecule has 2 aliphatic rings. The molecule has 1 N–H and O–H groups in total. The minimum atomic E-state index is -0.698. The number of carbonyl (C=O) groups excluding carboxylic acids is 2. The maximum atomic E-state index is 14.3. The number of hydrogen-bond donors (Lipinski definition) is 1. The lowest BCUT2D eigenvalue weighted by Crippen LogP contribution is -2.37. The molecule has 4 nitrogen and oxygen atoms in total. The number of nitrogens with zero attached hydrogens (tertiary/aromatic N) is 1. The highest BCUT2D eigenvalue weighted by Gasteiger charge is 2.40. The van der Waals surface area contributed by atoms with E-state index in [1.54, 1.807) is 17.0 Å². The number of fused-ring (bicyclic) bond motifs is 1. The van der Waals surface area contributed by atoms with Gasteiger partial charge in [0.2, 0.25) is 5.91 Å². The zero-order valence-corrected chi connectivity index (χ0v) is 18.6. The van der Waals surface area contributed by atoms with Crippen molar-refractivity contribution in [3.8, 4) is 0 Å². The molecule has 0 saturated carbocycles. The summed E-state index contributed by atoms with van der Waals surface area (Å²) in [6.07, 6.45) is 0.980. The van der Waals surface area contributed by atoms with Crippen LogP contribution in [0.4, 0.5) is 15.8 Å². The predicted molar refractivity (Wildman–Crippen MR) is 128 cm³/mol. The van der Waals surface area contributed by atoms with Crippen LogP contribution < -0.4 is 10.2 Å². The lowest BCUT2D eigenvalue weighted by atomic mass is 9.78. The Kier molecular flexibility index (Phi) is 5.33. The lowest BCUT2D eigenvalue weighted by molar-refractivity contribution is -0.117. The van der Waals surface area contributed by atoms with E-state index in [9.17, 15) is 14.0 Å². The van der Waals surface area contributed by atoms with Crippen LogP contribution in [0.25, 0.3) is 0 Å². The second-order valence-corrected chi connectivity index (χ2v) is 8.82. The Balaban J connectivity index is 1.70. The van der Waals surface area contributed by atoms with Gasteiger partial charge in [0.15, 0.2) is 5.78 Å². The van der Waals surface area contributed by atoms with Gasteiger partial charge < -0.3 is 5.32 Å². The predicted octanol–water partition coefficient (Wildman–Crippen LogP) is 6.05. The topological polar surface area (TPSA) is 49.4 Å². The number of halogens is 1. The number of allylic oxidation sites excluding steroid dienone is 1. The van der Waals surface area contributed by atoms with Gasteiger partial charge in [-0.2, -0.15) is 0 Å². The largest absolute Gasteiger partial charge is 0.357 e. The second-order valence-electron chi connectivity index (χ2n) is 8.82. The summed E-state index contributed by atoms with van der Waals surface area (Å²) < 4.78 is 14.3. The smallest absolute Gasteiger partial charge is 0.224 e. The van der Waals surface area contributed by atoms with Crippen LogP contribution in [0.2, 0.25) is 0 Å². The third-order valence-electron chi connectivity index (χ3n) is 6.54. The van der Waals surface area contributed by atoms with E-state index in [1.165, 1.54) is 24.6 Å². The van der Waals surface area contributed by atoms with Gasteiger partial charge in [0, 0.05) is 24.6 Å². The van der Waals surface area contributed by atoms with Crippen LogP contribution in [-0.4, -0.2) is 11.7 Å². The highest BCUT2D eigenvalue weighted by Crippen LogP contribution is 2.47.